The van der Waals surface area contributed by atoms with Crippen LogP contribution >= 0.6 is 27.7 Å². The van der Waals surface area contributed by atoms with Gasteiger partial charge in [-0.2, -0.15) is 0 Å². The molecule has 4 rings (SSSR count). The molecule has 0 aliphatic carbocycles. The Kier molecular flexibility index (Phi) is 5.36. The quantitative estimate of drug-likeness (QED) is 0.326. The zero-order chi connectivity index (χ0) is 19.7. The van der Waals surface area contributed by atoms with Gasteiger partial charge in [0.25, 0.3) is 0 Å². The summed E-state index contributed by atoms with van der Waals surface area (Å²) >= 11 is 4.93. The van der Waals surface area contributed by atoms with Crippen molar-refractivity contribution in [1.82, 2.24) is 3.97 Å². The monoisotopic (exact) mass is 471 g/mol. The molecule has 3 aromatic carbocycles. The second kappa shape index (κ2) is 7.78. The smallest absolute Gasteiger partial charge is 0.231 e. The second-order valence-electron chi connectivity index (χ2n) is 6.41. The van der Waals surface area contributed by atoms with Gasteiger partial charge in [-0.3, -0.25) is 0 Å². The number of hydrogen-bond acceptors (Lipinski definition) is 3. The number of para-hydroxylation sites is 1. The molecule has 0 N–H and O–H groups in total. The molecule has 3 nitrogen and oxygen atoms in total. The largest absolute Gasteiger partial charge is 0.244 e. The predicted molar refractivity (Wildman–Crippen MR) is 121 cm³/mol. The summed E-state index contributed by atoms with van der Waals surface area (Å²) in [7, 11) is -3.59. The summed E-state index contributed by atoms with van der Waals surface area (Å²) in [6, 6.07) is 25.0. The fourth-order valence-corrected chi connectivity index (χ4v) is 6.46. The molecule has 0 fully saturated rings. The van der Waals surface area contributed by atoms with Crippen LogP contribution in [0.25, 0.3) is 22.0 Å². The van der Waals surface area contributed by atoms with Gasteiger partial charge in [-0.05, 0) is 35.6 Å². The summed E-state index contributed by atoms with van der Waals surface area (Å²) in [5, 5.41) is 1.67. The lowest BCUT2D eigenvalue weighted by Crippen LogP contribution is -2.16. The van der Waals surface area contributed by atoms with Crippen LogP contribution in [0.1, 0.15) is 5.56 Å². The van der Waals surface area contributed by atoms with E-state index in [-0.39, 0.29) is 5.75 Å². The fourth-order valence-electron chi connectivity index (χ4n) is 3.39. The van der Waals surface area contributed by atoms with Gasteiger partial charge in [0.2, 0.25) is 10.0 Å². The number of aromatic nitrogens is 1. The van der Waals surface area contributed by atoms with Crippen LogP contribution in [0.2, 0.25) is 0 Å². The lowest BCUT2D eigenvalue weighted by Gasteiger charge is -2.12. The number of benzene rings is 3. The van der Waals surface area contributed by atoms with Gasteiger partial charge < -0.3 is 0 Å². The van der Waals surface area contributed by atoms with E-state index >= 15 is 0 Å². The Morgan fingerprint density at radius 3 is 2.21 bits per heavy atom. The van der Waals surface area contributed by atoms with Crippen LogP contribution in [0.4, 0.5) is 0 Å². The molecular weight excluding hydrogens is 454 g/mol. The van der Waals surface area contributed by atoms with Crippen molar-refractivity contribution in [3.8, 4) is 11.1 Å². The molecule has 1 heterocycles. The minimum absolute atomic E-state index is 0.0418. The molecule has 28 heavy (non-hydrogen) atoms. The van der Waals surface area contributed by atoms with E-state index in [1.807, 2.05) is 85.1 Å². The Morgan fingerprint density at radius 1 is 0.893 bits per heavy atom. The van der Waals surface area contributed by atoms with E-state index in [4.69, 9.17) is 0 Å². The minimum Gasteiger partial charge on any atom is -0.231 e. The minimum atomic E-state index is -3.59. The summed E-state index contributed by atoms with van der Waals surface area (Å²) in [4.78, 5) is 0. The maximum absolute atomic E-state index is 13.4. The number of thioether (sulfide) groups is 1. The Hall–Kier alpha value is -2.02. The van der Waals surface area contributed by atoms with Gasteiger partial charge in [0.05, 0.1) is 16.3 Å². The van der Waals surface area contributed by atoms with Crippen molar-refractivity contribution in [2.24, 2.45) is 0 Å². The van der Waals surface area contributed by atoms with Crippen LogP contribution in [-0.4, -0.2) is 18.6 Å². The summed E-state index contributed by atoms with van der Waals surface area (Å²) in [5.74, 6) is -0.0418. The average molecular weight is 472 g/mol. The molecule has 4 aromatic rings. The molecule has 6 heteroatoms. The van der Waals surface area contributed by atoms with Crippen molar-refractivity contribution in [2.45, 2.75) is 10.8 Å². The van der Waals surface area contributed by atoms with Crippen LogP contribution < -0.4 is 0 Å². The molecule has 142 valence electrons. The van der Waals surface area contributed by atoms with Crippen LogP contribution in [-0.2, 0) is 15.8 Å². The standard InChI is InChI=1S/C22H18BrNO2S2/c1-27-22-21(17-11-13-18(23)14-12-17)19-9-5-6-10-20(19)24(22)28(25,26)15-16-7-3-2-4-8-16/h2-14H,15H2,1H3. The lowest BCUT2D eigenvalue weighted by molar-refractivity contribution is 0.585. The van der Waals surface area contributed by atoms with E-state index in [2.05, 4.69) is 15.9 Å². The topological polar surface area (TPSA) is 39.1 Å². The van der Waals surface area contributed by atoms with E-state index in [9.17, 15) is 8.42 Å². The first-order valence-electron chi connectivity index (χ1n) is 8.72. The molecule has 0 atom stereocenters. The molecule has 0 aliphatic heterocycles. The first-order chi connectivity index (χ1) is 13.5. The van der Waals surface area contributed by atoms with Gasteiger partial charge in [0, 0.05) is 15.4 Å². The second-order valence-corrected chi connectivity index (χ2v) is 9.94. The van der Waals surface area contributed by atoms with E-state index in [1.54, 1.807) is 0 Å². The van der Waals surface area contributed by atoms with Crippen molar-refractivity contribution in [2.75, 3.05) is 6.26 Å². The molecule has 0 bridgehead atoms. The van der Waals surface area contributed by atoms with Gasteiger partial charge >= 0.3 is 0 Å². The van der Waals surface area contributed by atoms with E-state index in [0.29, 0.717) is 5.52 Å². The summed E-state index contributed by atoms with van der Waals surface area (Å²) in [6.45, 7) is 0. The predicted octanol–water partition coefficient (Wildman–Crippen LogP) is 6.17. The van der Waals surface area contributed by atoms with Crippen molar-refractivity contribution < 1.29 is 8.42 Å². The molecule has 0 saturated heterocycles. The molecule has 0 aliphatic rings. The highest BCUT2D eigenvalue weighted by atomic mass is 79.9. The van der Waals surface area contributed by atoms with Crippen LogP contribution in [0, 0.1) is 0 Å². The van der Waals surface area contributed by atoms with Crippen LogP contribution in [0.15, 0.2) is 88.4 Å². The van der Waals surface area contributed by atoms with Crippen molar-refractivity contribution in [1.29, 1.82) is 0 Å². The van der Waals surface area contributed by atoms with E-state index in [1.165, 1.54) is 15.7 Å². The average Bonchev–Trinajstić information content (AvgIpc) is 3.04. The van der Waals surface area contributed by atoms with Crippen molar-refractivity contribution >= 4 is 48.6 Å². The van der Waals surface area contributed by atoms with Gasteiger partial charge in [-0.15, -0.1) is 11.8 Å². The Morgan fingerprint density at radius 2 is 1.54 bits per heavy atom. The van der Waals surface area contributed by atoms with Gasteiger partial charge in [0.1, 0.15) is 0 Å². The summed E-state index contributed by atoms with van der Waals surface area (Å²) < 4.78 is 29.4. The number of rotatable bonds is 5. The maximum Gasteiger partial charge on any atom is 0.244 e. The highest BCUT2D eigenvalue weighted by molar-refractivity contribution is 9.10. The first kappa shape index (κ1) is 19.3. The van der Waals surface area contributed by atoms with E-state index in [0.717, 1.165) is 31.6 Å². The third-order valence-electron chi connectivity index (χ3n) is 4.59. The zero-order valence-corrected chi connectivity index (χ0v) is 18.4. The molecule has 1 aromatic heterocycles. The van der Waals surface area contributed by atoms with Crippen molar-refractivity contribution in [3.63, 3.8) is 0 Å². The van der Waals surface area contributed by atoms with Gasteiger partial charge in [0.15, 0.2) is 0 Å². The molecule has 0 unspecified atom stereocenters. The Labute approximate surface area is 177 Å². The maximum atomic E-state index is 13.4. The Bertz CT molecular complexity index is 1230. The highest BCUT2D eigenvalue weighted by Crippen LogP contribution is 2.41. The van der Waals surface area contributed by atoms with E-state index < -0.39 is 10.0 Å². The third-order valence-corrected chi connectivity index (χ3v) is 7.64. The van der Waals surface area contributed by atoms with Crippen molar-refractivity contribution in [3.05, 3.63) is 88.9 Å². The fraction of sp³-hybridized carbons (Fsp3) is 0.0909. The van der Waals surface area contributed by atoms with Gasteiger partial charge in [-0.25, -0.2) is 12.4 Å². The molecule has 0 saturated carbocycles. The number of nitrogens with zero attached hydrogens (tertiary/aromatic N) is 1. The molecule has 0 radical (unpaired) electrons. The summed E-state index contributed by atoms with van der Waals surface area (Å²) in [6.07, 6.45) is 1.92. The van der Waals surface area contributed by atoms with Gasteiger partial charge in [-0.1, -0.05) is 76.6 Å². The molecule has 0 amide bonds. The normalized spacial score (nSPS) is 11.8. The summed E-state index contributed by atoms with van der Waals surface area (Å²) in [5.41, 5.74) is 3.43. The molecular formula is C22H18BrNO2S2. The van der Waals surface area contributed by atoms with Crippen LogP contribution in [0.3, 0.4) is 0 Å². The number of fused-ring (bicyclic) bond motifs is 1. The third kappa shape index (κ3) is 3.52. The number of halogens is 1. The highest BCUT2D eigenvalue weighted by Gasteiger charge is 2.26. The van der Waals surface area contributed by atoms with Crippen LogP contribution in [0.5, 0.6) is 0 Å². The SMILES string of the molecule is CSc1c(-c2ccc(Br)cc2)c2ccccc2n1S(=O)(=O)Cc1ccccc1. The Balaban J connectivity index is 1.98. The lowest BCUT2D eigenvalue weighted by atomic mass is 10.1. The number of hydrogen-bond donors (Lipinski definition) is 0. The zero-order valence-electron chi connectivity index (χ0n) is 15.2. The molecule has 0 spiro atoms. The first-order valence-corrected chi connectivity index (χ1v) is 12.3.